The Hall–Kier alpha value is -2.39. The Bertz CT molecular complexity index is 921. The van der Waals surface area contributed by atoms with E-state index >= 15 is 0 Å². The van der Waals surface area contributed by atoms with E-state index in [1.54, 1.807) is 12.1 Å². The van der Waals surface area contributed by atoms with Crippen molar-refractivity contribution in [2.75, 3.05) is 6.61 Å². The molecule has 6 heteroatoms. The fraction of sp³-hybridized carbons (Fsp3) is 0.519. The second kappa shape index (κ2) is 11.7. The van der Waals surface area contributed by atoms with Crippen LogP contribution in [0.5, 0.6) is 0 Å². The van der Waals surface area contributed by atoms with Gasteiger partial charge in [0.25, 0.3) is 0 Å². The fourth-order valence-electron chi connectivity index (χ4n) is 4.67. The minimum Gasteiger partial charge on any atom is -0.316 e. The van der Waals surface area contributed by atoms with Gasteiger partial charge in [0, 0.05) is 0 Å². The molecule has 0 N–H and O–H groups in total. The highest BCUT2D eigenvalue weighted by Crippen LogP contribution is 2.39. The second-order valence-corrected chi connectivity index (χ2v) is 9.00. The number of rotatable bonds is 10. The predicted molar refractivity (Wildman–Crippen MR) is 120 cm³/mol. The third-order valence-corrected chi connectivity index (χ3v) is 6.67. The first-order chi connectivity index (χ1) is 15.8. The minimum atomic E-state index is -3.50. The molecule has 0 bridgehead atoms. The third-order valence-electron chi connectivity index (χ3n) is 6.67. The van der Waals surface area contributed by atoms with Gasteiger partial charge in [0.2, 0.25) is 0 Å². The molecule has 0 heterocycles. The number of benzene rings is 2. The Kier molecular flexibility index (Phi) is 8.91. The summed E-state index contributed by atoms with van der Waals surface area (Å²) in [6.07, 6.45) is 6.12. The van der Waals surface area contributed by atoms with E-state index in [1.165, 1.54) is 56.7 Å². The van der Waals surface area contributed by atoms with Crippen molar-refractivity contribution in [3.05, 3.63) is 70.3 Å². The monoisotopic (exact) mass is 461 g/mol. The number of alkyl halides is 2. The lowest BCUT2D eigenvalue weighted by Crippen LogP contribution is -2.20. The minimum absolute atomic E-state index is 0.102. The summed E-state index contributed by atoms with van der Waals surface area (Å²) in [5, 5.41) is 8.70. The van der Waals surface area contributed by atoms with Crippen LogP contribution < -0.4 is 0 Å². The number of halogens is 4. The van der Waals surface area contributed by atoms with E-state index in [9.17, 15) is 17.6 Å². The molecule has 1 fully saturated rings. The summed E-state index contributed by atoms with van der Waals surface area (Å²) in [6.45, 7) is 1.80. The molecule has 0 amide bonds. The van der Waals surface area contributed by atoms with Gasteiger partial charge in [-0.1, -0.05) is 56.9 Å². The van der Waals surface area contributed by atoms with E-state index in [4.69, 9.17) is 10.00 Å². The van der Waals surface area contributed by atoms with Crippen LogP contribution in [0.1, 0.15) is 86.5 Å². The SMILES string of the molecule is CCCCCC1CCC(c2ccc(C(F)(F)OCCc3cc(F)c(C#N)c(F)c3)cc2)CC1. The molecule has 0 saturated heterocycles. The van der Waals surface area contributed by atoms with E-state index in [-0.39, 0.29) is 17.5 Å². The van der Waals surface area contributed by atoms with Gasteiger partial charge in [-0.15, -0.1) is 0 Å². The van der Waals surface area contributed by atoms with E-state index in [2.05, 4.69) is 6.92 Å². The first-order valence-corrected chi connectivity index (χ1v) is 11.8. The van der Waals surface area contributed by atoms with Crippen LogP contribution in [0, 0.1) is 28.9 Å². The zero-order valence-electron chi connectivity index (χ0n) is 19.1. The van der Waals surface area contributed by atoms with Crippen LogP contribution in [-0.4, -0.2) is 6.61 Å². The lowest BCUT2D eigenvalue weighted by atomic mass is 9.77. The van der Waals surface area contributed by atoms with Crippen LogP contribution in [0.15, 0.2) is 36.4 Å². The Balaban J connectivity index is 1.51. The topological polar surface area (TPSA) is 33.0 Å². The van der Waals surface area contributed by atoms with Crippen molar-refractivity contribution in [2.45, 2.75) is 76.7 Å². The quantitative estimate of drug-likeness (QED) is 0.265. The Morgan fingerprint density at radius 3 is 2.21 bits per heavy atom. The molecule has 0 atom stereocenters. The average Bonchev–Trinajstić information content (AvgIpc) is 2.80. The number of ether oxygens (including phenoxy) is 1. The molecule has 1 aliphatic carbocycles. The first-order valence-electron chi connectivity index (χ1n) is 11.8. The zero-order chi connectivity index (χ0) is 23.8. The zero-order valence-corrected chi connectivity index (χ0v) is 19.1. The van der Waals surface area contributed by atoms with Gasteiger partial charge in [-0.05, 0) is 67.2 Å². The normalized spacial score (nSPS) is 18.8. The number of hydrogen-bond acceptors (Lipinski definition) is 2. The van der Waals surface area contributed by atoms with Crippen LogP contribution in [-0.2, 0) is 17.3 Å². The van der Waals surface area contributed by atoms with Gasteiger partial charge < -0.3 is 4.74 Å². The summed E-state index contributed by atoms with van der Waals surface area (Å²) in [4.78, 5) is 0. The number of unbranched alkanes of at least 4 members (excludes halogenated alkanes) is 2. The number of nitrogens with zero attached hydrogens (tertiary/aromatic N) is 1. The molecule has 3 rings (SSSR count). The standard InChI is InChI=1S/C27H31F4NO/c1-2-3-4-5-19-6-8-21(9-7-19)22-10-12-23(13-11-22)27(30,31)33-15-14-20-16-25(28)24(18-32)26(29)17-20/h10-13,16-17,19,21H,2-9,14-15H2,1H3. The Labute approximate surface area is 193 Å². The molecule has 2 nitrogen and oxygen atoms in total. The van der Waals surface area contributed by atoms with E-state index < -0.39 is 29.9 Å². The van der Waals surface area contributed by atoms with Gasteiger partial charge >= 0.3 is 6.11 Å². The summed E-state index contributed by atoms with van der Waals surface area (Å²) in [5.41, 5.74) is 0.317. The van der Waals surface area contributed by atoms with Crippen molar-refractivity contribution < 1.29 is 22.3 Å². The summed E-state index contributed by atoms with van der Waals surface area (Å²) in [6, 6.07) is 9.71. The number of nitriles is 1. The smallest absolute Gasteiger partial charge is 0.316 e. The van der Waals surface area contributed by atoms with Crippen molar-refractivity contribution >= 4 is 0 Å². The van der Waals surface area contributed by atoms with Gasteiger partial charge in [0.1, 0.15) is 23.3 Å². The average molecular weight is 462 g/mol. The second-order valence-electron chi connectivity index (χ2n) is 9.00. The van der Waals surface area contributed by atoms with E-state index in [0.717, 1.165) is 36.5 Å². The molecule has 1 saturated carbocycles. The van der Waals surface area contributed by atoms with Crippen LogP contribution in [0.3, 0.4) is 0 Å². The molecule has 178 valence electrons. The maximum Gasteiger partial charge on any atom is 0.383 e. The predicted octanol–water partition coefficient (Wildman–Crippen LogP) is 8.00. The highest BCUT2D eigenvalue weighted by atomic mass is 19.3. The maximum atomic E-state index is 14.5. The maximum absolute atomic E-state index is 14.5. The van der Waals surface area contributed by atoms with Crippen LogP contribution in [0.4, 0.5) is 17.6 Å². The van der Waals surface area contributed by atoms with E-state index in [0.29, 0.717) is 5.92 Å². The molecule has 2 aromatic carbocycles. The van der Waals surface area contributed by atoms with Gasteiger partial charge in [-0.2, -0.15) is 14.0 Å². The van der Waals surface area contributed by atoms with Crippen molar-refractivity contribution in [1.82, 2.24) is 0 Å². The van der Waals surface area contributed by atoms with Crippen molar-refractivity contribution in [2.24, 2.45) is 5.92 Å². The fourth-order valence-corrected chi connectivity index (χ4v) is 4.67. The van der Waals surface area contributed by atoms with Crippen molar-refractivity contribution in [3.63, 3.8) is 0 Å². The Morgan fingerprint density at radius 2 is 1.64 bits per heavy atom. The lowest BCUT2D eigenvalue weighted by Gasteiger charge is -2.29. The third kappa shape index (κ3) is 6.80. The van der Waals surface area contributed by atoms with Crippen molar-refractivity contribution in [3.8, 4) is 6.07 Å². The summed E-state index contributed by atoms with van der Waals surface area (Å²) in [7, 11) is 0. The molecule has 0 aliphatic heterocycles. The molecular formula is C27H31F4NO. The van der Waals surface area contributed by atoms with Gasteiger partial charge in [0.15, 0.2) is 0 Å². The summed E-state index contributed by atoms with van der Waals surface area (Å²) in [5.74, 6) is -0.810. The lowest BCUT2D eigenvalue weighted by molar-refractivity contribution is -0.248. The molecule has 0 unspecified atom stereocenters. The van der Waals surface area contributed by atoms with Crippen molar-refractivity contribution in [1.29, 1.82) is 5.26 Å². The first kappa shape index (κ1) is 25.2. The molecule has 33 heavy (non-hydrogen) atoms. The molecule has 0 radical (unpaired) electrons. The number of hydrogen-bond donors (Lipinski definition) is 0. The molecule has 1 aliphatic rings. The van der Waals surface area contributed by atoms with E-state index in [1.807, 2.05) is 0 Å². The van der Waals surface area contributed by atoms with Gasteiger partial charge in [0.05, 0.1) is 12.2 Å². The summed E-state index contributed by atoms with van der Waals surface area (Å²) < 4.78 is 61.1. The highest BCUT2D eigenvalue weighted by Gasteiger charge is 2.33. The summed E-state index contributed by atoms with van der Waals surface area (Å²) >= 11 is 0. The Morgan fingerprint density at radius 1 is 1.00 bits per heavy atom. The highest BCUT2D eigenvalue weighted by molar-refractivity contribution is 5.35. The van der Waals surface area contributed by atoms with Crippen LogP contribution in [0.25, 0.3) is 0 Å². The van der Waals surface area contributed by atoms with Gasteiger partial charge in [-0.3, -0.25) is 0 Å². The molecule has 0 spiro atoms. The molecule has 0 aromatic heterocycles. The van der Waals surface area contributed by atoms with Crippen LogP contribution in [0.2, 0.25) is 0 Å². The van der Waals surface area contributed by atoms with Crippen LogP contribution >= 0.6 is 0 Å². The largest absolute Gasteiger partial charge is 0.383 e. The molecule has 2 aromatic rings. The molecular weight excluding hydrogens is 430 g/mol. The van der Waals surface area contributed by atoms with Gasteiger partial charge in [-0.25, -0.2) is 8.78 Å².